The van der Waals surface area contributed by atoms with Crippen molar-refractivity contribution in [3.8, 4) is 0 Å². The zero-order valence-electron chi connectivity index (χ0n) is 13.5. The van der Waals surface area contributed by atoms with Gasteiger partial charge in [-0.15, -0.1) is 6.42 Å². The third-order valence-electron chi connectivity index (χ3n) is 3.05. The summed E-state index contributed by atoms with van der Waals surface area (Å²) in [5, 5.41) is 0. The Kier molecular flexibility index (Phi) is 13.1. The van der Waals surface area contributed by atoms with Crippen LogP contribution in [0, 0.1) is 33.8 Å². The largest absolute Gasteiger partial charge is 2.00 e. The van der Waals surface area contributed by atoms with Gasteiger partial charge in [-0.25, -0.2) is 11.6 Å². The fraction of sp³-hybridized carbons (Fsp3) is 0.471. The van der Waals surface area contributed by atoms with Crippen LogP contribution >= 0.6 is 0 Å². The van der Waals surface area contributed by atoms with E-state index in [9.17, 15) is 0 Å². The fourth-order valence-electron chi connectivity index (χ4n) is 1.65. The summed E-state index contributed by atoms with van der Waals surface area (Å²) < 4.78 is 0. The van der Waals surface area contributed by atoms with Gasteiger partial charge in [-0.3, -0.25) is 6.08 Å². The second-order valence-corrected chi connectivity index (χ2v) is 5.96. The molecule has 2 rings (SSSR count). The second kappa shape index (κ2) is 11.7. The Morgan fingerprint density at radius 3 is 1.79 bits per heavy atom. The molecular formula is C17H27SiZr. The van der Waals surface area contributed by atoms with Crippen molar-refractivity contribution in [2.24, 2.45) is 0 Å². The van der Waals surface area contributed by atoms with E-state index < -0.39 is 0 Å². The van der Waals surface area contributed by atoms with E-state index in [1.165, 1.54) is 27.8 Å². The van der Waals surface area contributed by atoms with Gasteiger partial charge in [-0.1, -0.05) is 47.7 Å². The van der Waals surface area contributed by atoms with Gasteiger partial charge >= 0.3 is 26.2 Å². The zero-order valence-corrected chi connectivity index (χ0v) is 17.1. The molecule has 1 aliphatic carbocycles. The quantitative estimate of drug-likeness (QED) is 0.463. The molecule has 0 N–H and O–H groups in total. The Labute approximate surface area is 141 Å². The molecule has 0 saturated carbocycles. The molecule has 0 aliphatic heterocycles. The van der Waals surface area contributed by atoms with Crippen LogP contribution in [-0.4, -0.2) is 9.52 Å². The first-order chi connectivity index (χ1) is 8.43. The van der Waals surface area contributed by atoms with Crippen LogP contribution in [0.4, 0.5) is 0 Å². The van der Waals surface area contributed by atoms with Crippen molar-refractivity contribution in [1.29, 1.82) is 0 Å². The molecule has 0 atom stereocenters. The fourth-order valence-corrected chi connectivity index (χ4v) is 1.65. The van der Waals surface area contributed by atoms with E-state index >= 15 is 0 Å². The molecule has 0 aromatic heterocycles. The zero-order chi connectivity index (χ0) is 14.1. The minimum atomic E-state index is 0. The summed E-state index contributed by atoms with van der Waals surface area (Å²) in [6, 6.07) is 2.24. The molecular weight excluding hydrogens is 323 g/mol. The molecule has 1 radical (unpaired) electrons. The van der Waals surface area contributed by atoms with Crippen molar-refractivity contribution < 1.29 is 26.2 Å². The molecule has 0 spiro atoms. The molecule has 0 heterocycles. The van der Waals surface area contributed by atoms with Crippen molar-refractivity contribution in [1.82, 2.24) is 0 Å². The van der Waals surface area contributed by atoms with Crippen LogP contribution in [0.1, 0.15) is 35.6 Å². The van der Waals surface area contributed by atoms with Crippen LogP contribution in [0.15, 0.2) is 23.8 Å². The van der Waals surface area contributed by atoms with Crippen molar-refractivity contribution in [2.45, 2.75) is 54.1 Å². The summed E-state index contributed by atoms with van der Waals surface area (Å²) in [6.45, 7) is 15.2. The van der Waals surface area contributed by atoms with Gasteiger partial charge in [0.05, 0.1) is 0 Å². The molecule has 1 aromatic rings. The molecule has 19 heavy (non-hydrogen) atoms. The predicted molar refractivity (Wildman–Crippen MR) is 86.0 cm³/mol. The summed E-state index contributed by atoms with van der Waals surface area (Å²) in [5.74, 6) is 0. The minimum absolute atomic E-state index is 0. The van der Waals surface area contributed by atoms with E-state index in [2.05, 4.69) is 72.0 Å². The number of hydrogen-bond acceptors (Lipinski definition) is 0. The van der Waals surface area contributed by atoms with Gasteiger partial charge in [0.25, 0.3) is 0 Å². The van der Waals surface area contributed by atoms with Crippen LogP contribution in [0.25, 0.3) is 0 Å². The van der Waals surface area contributed by atoms with Crippen LogP contribution in [0.2, 0.25) is 13.1 Å². The Hall–Kier alpha value is -0.0700. The number of rotatable bonds is 0. The summed E-state index contributed by atoms with van der Waals surface area (Å²) in [5.41, 5.74) is 7.02. The number of allylic oxidation sites excluding steroid dienone is 4. The monoisotopic (exact) mass is 349 g/mol. The van der Waals surface area contributed by atoms with E-state index in [0.717, 1.165) is 15.9 Å². The van der Waals surface area contributed by atoms with E-state index in [1.54, 1.807) is 0 Å². The van der Waals surface area contributed by atoms with Gasteiger partial charge in [0.15, 0.2) is 0 Å². The third-order valence-corrected chi connectivity index (χ3v) is 3.05. The smallest absolute Gasteiger partial charge is 0.270 e. The number of hydrogen-bond donors (Lipinski definition) is 0. The van der Waals surface area contributed by atoms with Gasteiger partial charge in [-0.05, 0) is 0 Å². The van der Waals surface area contributed by atoms with Gasteiger partial charge < -0.3 is 0 Å². The summed E-state index contributed by atoms with van der Waals surface area (Å²) >= 11 is 0. The molecule has 0 nitrogen and oxygen atoms in total. The molecule has 1 aromatic carbocycles. The first-order valence-corrected chi connectivity index (χ1v) is 8.93. The Balaban J connectivity index is 0. The van der Waals surface area contributed by atoms with Crippen molar-refractivity contribution in [3.05, 3.63) is 52.1 Å². The molecule has 0 unspecified atom stereocenters. The molecule has 2 heteroatoms. The average Bonchev–Trinajstić information content (AvgIpc) is 2.86. The summed E-state index contributed by atoms with van der Waals surface area (Å²) in [4.78, 5) is 0. The second-order valence-electron chi connectivity index (χ2n) is 4.80. The molecule has 0 saturated heterocycles. The van der Waals surface area contributed by atoms with Crippen molar-refractivity contribution >= 4 is 9.52 Å². The average molecular weight is 351 g/mol. The predicted octanol–water partition coefficient (Wildman–Crippen LogP) is 4.85. The summed E-state index contributed by atoms with van der Waals surface area (Å²) in [6.07, 6.45) is 8.33. The van der Waals surface area contributed by atoms with Crippen molar-refractivity contribution in [2.75, 3.05) is 0 Å². The maximum atomic E-state index is 3.12. The van der Waals surface area contributed by atoms with Crippen molar-refractivity contribution in [3.63, 3.8) is 0 Å². The van der Waals surface area contributed by atoms with E-state index in [0.29, 0.717) is 0 Å². The van der Waals surface area contributed by atoms with Gasteiger partial charge in [0.1, 0.15) is 0 Å². The Bertz CT molecular complexity index is 386. The summed E-state index contributed by atoms with van der Waals surface area (Å²) in [7, 11) is 0.750. The third kappa shape index (κ3) is 8.65. The maximum absolute atomic E-state index is 3.12. The Morgan fingerprint density at radius 1 is 1.16 bits per heavy atom. The van der Waals surface area contributed by atoms with Gasteiger partial charge in [-0.2, -0.15) is 34.4 Å². The SMILES string of the molecule is CC1=[C-]CC=C1.C[SiH]C.Cc1c[c-](C)c(C)c1C.[Zr+2]. The van der Waals surface area contributed by atoms with Crippen LogP contribution < -0.4 is 0 Å². The number of aryl methyl sites for hydroxylation is 2. The minimum Gasteiger partial charge on any atom is -0.270 e. The molecule has 103 valence electrons. The van der Waals surface area contributed by atoms with Gasteiger partial charge in [0.2, 0.25) is 0 Å². The maximum Gasteiger partial charge on any atom is 2.00 e. The van der Waals surface area contributed by atoms with E-state index in [4.69, 9.17) is 0 Å². The molecule has 1 aliphatic rings. The first-order valence-electron chi connectivity index (χ1n) is 6.62. The van der Waals surface area contributed by atoms with Crippen LogP contribution in [0.3, 0.4) is 0 Å². The van der Waals surface area contributed by atoms with Gasteiger partial charge in [0, 0.05) is 9.52 Å². The van der Waals surface area contributed by atoms with Crippen LogP contribution in [0.5, 0.6) is 0 Å². The topological polar surface area (TPSA) is 0 Å². The normalized spacial score (nSPS) is 11.6. The molecule has 0 fully saturated rings. The molecule has 0 amide bonds. The molecule has 0 bridgehead atoms. The van der Waals surface area contributed by atoms with Crippen LogP contribution in [-0.2, 0) is 26.2 Å². The standard InChI is InChI=1S/C9H13.C6H7.C2H7Si.Zr/c1-6-5-7(2)9(4)8(6)3;1-6-4-2-3-5-6;1-3-2;/h5H,1-4H3;2,4H,3H2,1H3;3H,1-2H3;/q2*-1;;+2. The first kappa shape index (κ1) is 21.2. The van der Waals surface area contributed by atoms with E-state index in [-0.39, 0.29) is 26.2 Å². The Morgan fingerprint density at radius 2 is 1.68 bits per heavy atom. The van der Waals surface area contributed by atoms with E-state index in [1.807, 2.05) is 0 Å².